The fourth-order valence-electron chi connectivity index (χ4n) is 2.38. The summed E-state index contributed by atoms with van der Waals surface area (Å²) in [4.78, 5) is 20.1. The number of pyridine rings is 1. The van der Waals surface area contributed by atoms with Crippen LogP contribution < -0.4 is 4.74 Å². The first kappa shape index (κ1) is 12.8. The van der Waals surface area contributed by atoms with E-state index in [0.717, 1.165) is 18.4 Å². The fourth-order valence-corrected chi connectivity index (χ4v) is 2.38. The minimum atomic E-state index is -0.203. The Morgan fingerprint density at radius 2 is 2.35 bits per heavy atom. The quantitative estimate of drug-likeness (QED) is 0.846. The number of hydrogen-bond acceptors (Lipinski definition) is 6. The van der Waals surface area contributed by atoms with Crippen LogP contribution in [0.4, 0.5) is 0 Å². The third kappa shape index (κ3) is 2.54. The van der Waals surface area contributed by atoms with Crippen molar-refractivity contribution < 1.29 is 14.1 Å². The number of ketones is 1. The monoisotopic (exact) mass is 273 g/mol. The van der Waals surface area contributed by atoms with Gasteiger partial charge in [0.05, 0.1) is 13.0 Å². The van der Waals surface area contributed by atoms with E-state index < -0.39 is 0 Å². The summed E-state index contributed by atoms with van der Waals surface area (Å²) in [6, 6.07) is 3.69. The molecule has 0 amide bonds. The molecule has 1 aliphatic carbocycles. The molecule has 0 aliphatic heterocycles. The zero-order valence-corrected chi connectivity index (χ0v) is 11.2. The molecule has 20 heavy (non-hydrogen) atoms. The minimum absolute atomic E-state index is 0.200. The zero-order chi connectivity index (χ0) is 13.9. The van der Waals surface area contributed by atoms with Crippen molar-refractivity contribution >= 4 is 5.78 Å². The maximum Gasteiger partial charge on any atom is 0.237 e. The normalized spacial score (nSPS) is 18.4. The summed E-state index contributed by atoms with van der Waals surface area (Å²) in [5.74, 6) is 1.59. The van der Waals surface area contributed by atoms with E-state index in [4.69, 9.17) is 9.26 Å². The molecule has 0 aromatic carbocycles. The summed E-state index contributed by atoms with van der Waals surface area (Å²) in [6.07, 6.45) is 4.58. The van der Waals surface area contributed by atoms with Crippen LogP contribution in [0.25, 0.3) is 0 Å². The van der Waals surface area contributed by atoms with Gasteiger partial charge in [0.2, 0.25) is 11.8 Å². The van der Waals surface area contributed by atoms with E-state index in [1.165, 1.54) is 0 Å². The van der Waals surface area contributed by atoms with Gasteiger partial charge < -0.3 is 9.26 Å². The Labute approximate surface area is 116 Å². The Kier molecular flexibility index (Phi) is 3.45. The van der Waals surface area contributed by atoms with Crippen LogP contribution in [0.15, 0.2) is 22.9 Å². The van der Waals surface area contributed by atoms with E-state index in [2.05, 4.69) is 15.1 Å². The number of ether oxygens (including phenoxy) is 1. The van der Waals surface area contributed by atoms with Gasteiger partial charge in [-0.1, -0.05) is 11.2 Å². The van der Waals surface area contributed by atoms with Crippen LogP contribution in [0.1, 0.15) is 42.5 Å². The average Bonchev–Trinajstić information content (AvgIpc) is 3.08. The topological polar surface area (TPSA) is 78.1 Å². The molecule has 0 saturated heterocycles. The first-order valence-corrected chi connectivity index (χ1v) is 6.60. The van der Waals surface area contributed by atoms with Crippen LogP contribution in [0.3, 0.4) is 0 Å². The van der Waals surface area contributed by atoms with Gasteiger partial charge in [-0.15, -0.1) is 0 Å². The van der Waals surface area contributed by atoms with Crippen LogP contribution >= 0.6 is 0 Å². The lowest BCUT2D eigenvalue weighted by Crippen LogP contribution is -2.04. The molecule has 0 N–H and O–H groups in total. The number of rotatable bonds is 4. The first-order valence-electron chi connectivity index (χ1n) is 6.60. The number of hydrogen-bond donors (Lipinski definition) is 0. The third-order valence-corrected chi connectivity index (χ3v) is 3.46. The average molecular weight is 273 g/mol. The van der Waals surface area contributed by atoms with Crippen molar-refractivity contribution in [1.82, 2.24) is 15.1 Å². The molecule has 1 saturated carbocycles. The van der Waals surface area contributed by atoms with Gasteiger partial charge in [-0.2, -0.15) is 4.98 Å². The van der Waals surface area contributed by atoms with E-state index in [9.17, 15) is 4.79 Å². The predicted octanol–water partition coefficient (Wildman–Crippen LogP) is 1.90. The molecule has 2 aromatic rings. The number of nitrogens with zero attached hydrogens (tertiary/aromatic N) is 3. The number of carbonyl (C=O) groups excluding carboxylic acids is 1. The smallest absolute Gasteiger partial charge is 0.237 e. The Bertz CT molecular complexity index is 606. The van der Waals surface area contributed by atoms with E-state index in [0.29, 0.717) is 30.4 Å². The Morgan fingerprint density at radius 3 is 3.00 bits per heavy atom. The van der Waals surface area contributed by atoms with Crippen molar-refractivity contribution in [1.29, 1.82) is 0 Å². The highest BCUT2D eigenvalue weighted by molar-refractivity contribution is 5.86. The van der Waals surface area contributed by atoms with E-state index >= 15 is 0 Å². The number of Topliss-reactive ketones (excluding diaryl/α,β-unsaturated/α-hetero) is 1. The molecular formula is C14H15N3O3. The molecule has 1 aliphatic rings. The van der Waals surface area contributed by atoms with Gasteiger partial charge in [-0.3, -0.25) is 4.79 Å². The van der Waals surface area contributed by atoms with E-state index in [1.807, 2.05) is 6.07 Å². The van der Waals surface area contributed by atoms with Crippen LogP contribution in [-0.4, -0.2) is 28.0 Å². The lowest BCUT2D eigenvalue weighted by atomic mass is 10.1. The number of methoxy groups -OCH3 is 1. The molecule has 1 fully saturated rings. The molecule has 0 radical (unpaired) electrons. The molecular weight excluding hydrogens is 258 g/mol. The van der Waals surface area contributed by atoms with Crippen molar-refractivity contribution in [3.63, 3.8) is 0 Å². The molecule has 2 heterocycles. The maximum atomic E-state index is 11.7. The second kappa shape index (κ2) is 5.40. The third-order valence-electron chi connectivity index (χ3n) is 3.46. The zero-order valence-electron chi connectivity index (χ0n) is 11.2. The lowest BCUT2D eigenvalue weighted by Gasteiger charge is -2.00. The lowest BCUT2D eigenvalue weighted by molar-refractivity contribution is -0.119. The predicted molar refractivity (Wildman–Crippen MR) is 69.5 cm³/mol. The number of carbonyl (C=O) groups is 1. The summed E-state index contributed by atoms with van der Waals surface area (Å²) < 4.78 is 10.2. The Balaban J connectivity index is 1.71. The van der Waals surface area contributed by atoms with Crippen LogP contribution in [-0.2, 0) is 11.2 Å². The molecule has 6 nitrogen and oxygen atoms in total. The van der Waals surface area contributed by atoms with Crippen LogP contribution in [0, 0.1) is 0 Å². The minimum Gasteiger partial charge on any atom is -0.481 e. The van der Waals surface area contributed by atoms with Gasteiger partial charge in [-0.05, 0) is 18.4 Å². The highest BCUT2D eigenvalue weighted by Gasteiger charge is 2.30. The molecule has 6 heteroatoms. The van der Waals surface area contributed by atoms with Gasteiger partial charge in [0, 0.05) is 25.1 Å². The summed E-state index contributed by atoms with van der Waals surface area (Å²) in [5, 5.41) is 3.94. The molecule has 1 atom stereocenters. The van der Waals surface area contributed by atoms with Crippen molar-refractivity contribution in [2.45, 2.75) is 31.6 Å². The van der Waals surface area contributed by atoms with Crippen LogP contribution in [0.5, 0.6) is 5.88 Å². The summed E-state index contributed by atoms with van der Waals surface area (Å²) in [5.41, 5.74) is 0.968. The maximum absolute atomic E-state index is 11.7. The first-order chi connectivity index (χ1) is 9.76. The van der Waals surface area contributed by atoms with Gasteiger partial charge in [0.15, 0.2) is 5.82 Å². The molecule has 2 aromatic heterocycles. The highest BCUT2D eigenvalue weighted by Crippen LogP contribution is 2.30. The summed E-state index contributed by atoms with van der Waals surface area (Å²) in [7, 11) is 1.58. The van der Waals surface area contributed by atoms with Gasteiger partial charge in [0.25, 0.3) is 0 Å². The molecule has 3 rings (SSSR count). The molecule has 0 spiro atoms. The molecule has 104 valence electrons. The molecule has 0 bridgehead atoms. The second-order valence-corrected chi connectivity index (χ2v) is 4.85. The standard InChI is InChI=1S/C14H15N3O3/c1-19-13-6-5-9(8-15-13)7-12-16-14(20-17-12)10-3-2-4-11(10)18/h5-6,8,10H,2-4,7H2,1H3. The van der Waals surface area contributed by atoms with Crippen molar-refractivity contribution in [3.05, 3.63) is 35.6 Å². The highest BCUT2D eigenvalue weighted by atomic mass is 16.5. The van der Waals surface area contributed by atoms with E-state index in [1.54, 1.807) is 19.4 Å². The van der Waals surface area contributed by atoms with Crippen molar-refractivity contribution in [2.24, 2.45) is 0 Å². The van der Waals surface area contributed by atoms with Crippen molar-refractivity contribution in [2.75, 3.05) is 7.11 Å². The fraction of sp³-hybridized carbons (Fsp3) is 0.429. The molecule has 1 unspecified atom stereocenters. The largest absolute Gasteiger partial charge is 0.481 e. The van der Waals surface area contributed by atoms with E-state index in [-0.39, 0.29) is 11.7 Å². The van der Waals surface area contributed by atoms with Crippen molar-refractivity contribution in [3.8, 4) is 5.88 Å². The Hall–Kier alpha value is -2.24. The Morgan fingerprint density at radius 1 is 1.45 bits per heavy atom. The van der Waals surface area contributed by atoms with Gasteiger partial charge >= 0.3 is 0 Å². The summed E-state index contributed by atoms with van der Waals surface area (Å²) >= 11 is 0. The van der Waals surface area contributed by atoms with Gasteiger partial charge in [0.1, 0.15) is 5.78 Å². The van der Waals surface area contributed by atoms with Gasteiger partial charge in [-0.25, -0.2) is 4.98 Å². The SMILES string of the molecule is COc1ccc(Cc2noc(C3CCCC3=O)n2)cn1. The van der Waals surface area contributed by atoms with Crippen LogP contribution in [0.2, 0.25) is 0 Å². The number of aromatic nitrogens is 3. The second-order valence-electron chi connectivity index (χ2n) is 4.85. The summed E-state index contributed by atoms with van der Waals surface area (Å²) in [6.45, 7) is 0.